The maximum absolute atomic E-state index is 5.01. The van der Waals surface area contributed by atoms with Crippen LogP contribution in [0.1, 0.15) is 5.69 Å². The summed E-state index contributed by atoms with van der Waals surface area (Å²) >= 11 is 0. The predicted octanol–water partition coefficient (Wildman–Crippen LogP) is 2.21. The Kier molecular flexibility index (Phi) is 1.77. The summed E-state index contributed by atoms with van der Waals surface area (Å²) in [6.07, 6.45) is 1.76. The molecule has 0 aliphatic heterocycles. The summed E-state index contributed by atoms with van der Waals surface area (Å²) < 4.78 is 5.01. The smallest absolute Gasteiger partial charge is 0.213 e. The predicted molar refractivity (Wildman–Crippen MR) is 52.7 cm³/mol. The summed E-state index contributed by atoms with van der Waals surface area (Å²) in [5.74, 6) is 0.627. The number of methoxy groups -OCH3 is 1. The first-order chi connectivity index (χ1) is 6.33. The van der Waals surface area contributed by atoms with Gasteiger partial charge in [-0.25, -0.2) is 4.98 Å². The molecule has 0 amide bonds. The van der Waals surface area contributed by atoms with Crippen LogP contribution < -0.4 is 4.74 Å². The summed E-state index contributed by atoms with van der Waals surface area (Å²) in [6.45, 7) is 3.68. The van der Waals surface area contributed by atoms with E-state index in [-0.39, 0.29) is 0 Å². The van der Waals surface area contributed by atoms with Gasteiger partial charge < -0.3 is 9.72 Å². The van der Waals surface area contributed by atoms with Crippen LogP contribution >= 0.6 is 0 Å². The molecule has 0 aliphatic carbocycles. The van der Waals surface area contributed by atoms with Gasteiger partial charge in [-0.05, 0) is 18.2 Å². The number of nitrogens with zero attached hydrogens (tertiary/aromatic N) is 1. The third-order valence-corrected chi connectivity index (χ3v) is 1.90. The average Bonchev–Trinajstić information content (AvgIpc) is 2.58. The maximum atomic E-state index is 5.01. The zero-order chi connectivity index (χ0) is 9.26. The van der Waals surface area contributed by atoms with Crippen LogP contribution in [0.25, 0.3) is 17.1 Å². The molecule has 0 aromatic carbocycles. The van der Waals surface area contributed by atoms with Gasteiger partial charge in [0.15, 0.2) is 0 Å². The van der Waals surface area contributed by atoms with Crippen LogP contribution in [-0.2, 0) is 0 Å². The Bertz CT molecular complexity index is 445. The lowest BCUT2D eigenvalue weighted by atomic mass is 10.3. The number of hydrogen-bond donors (Lipinski definition) is 1. The molecule has 1 N–H and O–H groups in total. The molecular weight excluding hydrogens is 164 g/mol. The minimum atomic E-state index is 0.627. The van der Waals surface area contributed by atoms with Crippen molar-refractivity contribution >= 4 is 17.1 Å². The molecule has 0 saturated heterocycles. The number of nitrogens with one attached hydrogen (secondary N) is 1. The van der Waals surface area contributed by atoms with Gasteiger partial charge in [-0.2, -0.15) is 0 Å². The molecule has 0 radical (unpaired) electrons. The second kappa shape index (κ2) is 2.94. The fourth-order valence-corrected chi connectivity index (χ4v) is 1.23. The van der Waals surface area contributed by atoms with Gasteiger partial charge in [0.05, 0.1) is 18.1 Å². The molecular formula is C10H10N2O. The van der Waals surface area contributed by atoms with Gasteiger partial charge in [-0.1, -0.05) is 6.58 Å². The lowest BCUT2D eigenvalue weighted by Crippen LogP contribution is -1.85. The van der Waals surface area contributed by atoms with Crippen molar-refractivity contribution in [2.45, 2.75) is 0 Å². The van der Waals surface area contributed by atoms with E-state index in [0.717, 1.165) is 16.7 Å². The van der Waals surface area contributed by atoms with E-state index in [1.165, 1.54) is 0 Å². The first-order valence-corrected chi connectivity index (χ1v) is 3.99. The normalized spacial score (nSPS) is 10.2. The van der Waals surface area contributed by atoms with Crippen LogP contribution in [0, 0.1) is 0 Å². The molecule has 0 unspecified atom stereocenters. The van der Waals surface area contributed by atoms with E-state index in [2.05, 4.69) is 16.5 Å². The Morgan fingerprint density at radius 2 is 2.38 bits per heavy atom. The molecule has 66 valence electrons. The van der Waals surface area contributed by atoms with Gasteiger partial charge in [0.2, 0.25) is 5.88 Å². The van der Waals surface area contributed by atoms with Gasteiger partial charge in [0.1, 0.15) is 0 Å². The van der Waals surface area contributed by atoms with Crippen molar-refractivity contribution in [2.24, 2.45) is 0 Å². The third kappa shape index (κ3) is 1.28. The van der Waals surface area contributed by atoms with E-state index >= 15 is 0 Å². The topological polar surface area (TPSA) is 37.9 Å². The van der Waals surface area contributed by atoms with Crippen molar-refractivity contribution < 1.29 is 4.74 Å². The van der Waals surface area contributed by atoms with Crippen LogP contribution in [-0.4, -0.2) is 17.1 Å². The van der Waals surface area contributed by atoms with E-state index < -0.39 is 0 Å². The highest BCUT2D eigenvalue weighted by molar-refractivity contribution is 5.79. The molecule has 2 heterocycles. The first-order valence-electron chi connectivity index (χ1n) is 3.99. The molecule has 2 aromatic rings. The maximum Gasteiger partial charge on any atom is 0.213 e. The van der Waals surface area contributed by atoms with Crippen molar-refractivity contribution in [3.05, 3.63) is 30.5 Å². The van der Waals surface area contributed by atoms with Gasteiger partial charge in [-0.15, -0.1) is 0 Å². The van der Waals surface area contributed by atoms with Crippen molar-refractivity contribution in [3.8, 4) is 5.88 Å². The SMILES string of the molecule is C=Cc1cc2nc(OC)ccc2[nH]1. The lowest BCUT2D eigenvalue weighted by molar-refractivity contribution is 0.399. The second-order valence-electron chi connectivity index (χ2n) is 2.72. The quantitative estimate of drug-likeness (QED) is 0.758. The van der Waals surface area contributed by atoms with Crippen molar-refractivity contribution in [1.29, 1.82) is 0 Å². The number of aromatic nitrogens is 2. The number of aromatic amines is 1. The van der Waals surface area contributed by atoms with Crippen molar-refractivity contribution in [1.82, 2.24) is 9.97 Å². The minimum Gasteiger partial charge on any atom is -0.481 e. The molecule has 0 bridgehead atoms. The van der Waals surface area contributed by atoms with Crippen LogP contribution in [0.15, 0.2) is 24.8 Å². The van der Waals surface area contributed by atoms with Gasteiger partial charge in [-0.3, -0.25) is 0 Å². The van der Waals surface area contributed by atoms with Crippen molar-refractivity contribution in [2.75, 3.05) is 7.11 Å². The number of hydrogen-bond acceptors (Lipinski definition) is 2. The van der Waals surface area contributed by atoms with Gasteiger partial charge in [0, 0.05) is 11.8 Å². The standard InChI is InChI=1S/C10H10N2O/c1-3-7-6-9-8(11-7)4-5-10(12-9)13-2/h3-6,11H,1H2,2H3. The van der Waals surface area contributed by atoms with Crippen LogP contribution in [0.2, 0.25) is 0 Å². The summed E-state index contributed by atoms with van der Waals surface area (Å²) in [4.78, 5) is 7.42. The van der Waals surface area contributed by atoms with Crippen molar-refractivity contribution in [3.63, 3.8) is 0 Å². The molecule has 13 heavy (non-hydrogen) atoms. The summed E-state index contributed by atoms with van der Waals surface area (Å²) in [5.41, 5.74) is 2.86. The molecule has 2 rings (SSSR count). The van der Waals surface area contributed by atoms with E-state index in [9.17, 15) is 0 Å². The zero-order valence-electron chi connectivity index (χ0n) is 7.37. The molecule has 0 spiro atoms. The van der Waals surface area contributed by atoms with Crippen LogP contribution in [0.3, 0.4) is 0 Å². The van der Waals surface area contributed by atoms with Gasteiger partial charge in [0.25, 0.3) is 0 Å². The van der Waals surface area contributed by atoms with Gasteiger partial charge >= 0.3 is 0 Å². The number of rotatable bonds is 2. The molecule has 2 aromatic heterocycles. The Hall–Kier alpha value is -1.77. The lowest BCUT2D eigenvalue weighted by Gasteiger charge is -1.96. The average molecular weight is 174 g/mol. The number of fused-ring (bicyclic) bond motifs is 1. The fraction of sp³-hybridized carbons (Fsp3) is 0.100. The first kappa shape index (κ1) is 7.86. The molecule has 0 fully saturated rings. The second-order valence-corrected chi connectivity index (χ2v) is 2.72. The minimum absolute atomic E-state index is 0.627. The zero-order valence-corrected chi connectivity index (χ0v) is 7.37. The van der Waals surface area contributed by atoms with E-state index in [4.69, 9.17) is 4.74 Å². The number of ether oxygens (including phenoxy) is 1. The van der Waals surface area contributed by atoms with E-state index in [1.54, 1.807) is 13.2 Å². The Labute approximate surface area is 76.1 Å². The largest absolute Gasteiger partial charge is 0.481 e. The van der Waals surface area contributed by atoms with E-state index in [1.807, 2.05) is 18.2 Å². The molecule has 3 nitrogen and oxygen atoms in total. The number of pyridine rings is 1. The summed E-state index contributed by atoms with van der Waals surface area (Å²) in [6, 6.07) is 5.70. The summed E-state index contributed by atoms with van der Waals surface area (Å²) in [7, 11) is 1.61. The summed E-state index contributed by atoms with van der Waals surface area (Å²) in [5, 5.41) is 0. The van der Waals surface area contributed by atoms with E-state index in [0.29, 0.717) is 5.88 Å². The monoisotopic (exact) mass is 174 g/mol. The van der Waals surface area contributed by atoms with Crippen LogP contribution in [0.4, 0.5) is 0 Å². The molecule has 3 heteroatoms. The fourth-order valence-electron chi connectivity index (χ4n) is 1.23. The molecule has 0 aliphatic rings. The Morgan fingerprint density at radius 3 is 3.08 bits per heavy atom. The Balaban J connectivity index is 2.63. The molecule has 0 atom stereocenters. The van der Waals surface area contributed by atoms with Crippen LogP contribution in [0.5, 0.6) is 5.88 Å². The highest BCUT2D eigenvalue weighted by Gasteiger charge is 2.00. The number of H-pyrrole nitrogens is 1. The molecule has 0 saturated carbocycles. The highest BCUT2D eigenvalue weighted by Crippen LogP contribution is 2.17. The Morgan fingerprint density at radius 1 is 1.54 bits per heavy atom. The highest BCUT2D eigenvalue weighted by atomic mass is 16.5. The third-order valence-electron chi connectivity index (χ3n) is 1.90.